The molecule has 0 aliphatic heterocycles. The molecule has 1 aromatic carbocycles. The van der Waals surface area contributed by atoms with E-state index < -0.39 is 0 Å². The van der Waals surface area contributed by atoms with Gasteiger partial charge in [-0.2, -0.15) is 0 Å². The summed E-state index contributed by atoms with van der Waals surface area (Å²) in [5.41, 5.74) is 6.65. The molecule has 1 fully saturated rings. The molecule has 0 bridgehead atoms. The molecule has 1 amide bonds. The second-order valence-corrected chi connectivity index (χ2v) is 5.83. The molecule has 4 nitrogen and oxygen atoms in total. The van der Waals surface area contributed by atoms with E-state index in [2.05, 4.69) is 21.2 Å². The first-order valence-corrected chi connectivity index (χ1v) is 7.35. The van der Waals surface area contributed by atoms with Crippen molar-refractivity contribution in [1.82, 2.24) is 0 Å². The molecule has 104 valence electrons. The molecule has 0 radical (unpaired) electrons. The molecule has 0 aromatic heterocycles. The van der Waals surface area contributed by atoms with E-state index in [0.29, 0.717) is 0 Å². The van der Waals surface area contributed by atoms with Crippen LogP contribution in [0.4, 0.5) is 5.69 Å². The lowest BCUT2D eigenvalue weighted by atomic mass is 9.94. The number of hydrogen-bond donors (Lipinski definition) is 2. The SMILES string of the molecule is NC1CCCC(OCC(=O)Nc2cccc(Br)c2)C1. The van der Waals surface area contributed by atoms with E-state index >= 15 is 0 Å². The Labute approximate surface area is 121 Å². The first kappa shape index (κ1) is 14.5. The predicted molar refractivity (Wildman–Crippen MR) is 79.0 cm³/mol. The molecular formula is C14H19BrN2O2. The minimum Gasteiger partial charge on any atom is -0.368 e. The average Bonchev–Trinajstić information content (AvgIpc) is 2.36. The maximum atomic E-state index is 11.8. The maximum absolute atomic E-state index is 11.8. The van der Waals surface area contributed by atoms with Crippen LogP contribution in [0.1, 0.15) is 25.7 Å². The van der Waals surface area contributed by atoms with Crippen molar-refractivity contribution < 1.29 is 9.53 Å². The molecule has 0 heterocycles. The van der Waals surface area contributed by atoms with Crippen molar-refractivity contribution in [3.05, 3.63) is 28.7 Å². The smallest absolute Gasteiger partial charge is 0.250 e. The first-order chi connectivity index (χ1) is 9.13. The van der Waals surface area contributed by atoms with Crippen LogP contribution in [0.2, 0.25) is 0 Å². The van der Waals surface area contributed by atoms with Crippen molar-refractivity contribution >= 4 is 27.5 Å². The maximum Gasteiger partial charge on any atom is 0.250 e. The standard InChI is InChI=1S/C14H19BrN2O2/c15-10-3-1-5-12(7-10)17-14(18)9-19-13-6-2-4-11(16)8-13/h1,3,5,7,11,13H,2,4,6,8-9,16H2,(H,17,18). The van der Waals surface area contributed by atoms with Crippen molar-refractivity contribution in [2.45, 2.75) is 37.8 Å². The lowest BCUT2D eigenvalue weighted by molar-refractivity contribution is -0.123. The zero-order chi connectivity index (χ0) is 13.7. The number of hydrogen-bond acceptors (Lipinski definition) is 3. The number of ether oxygens (including phenoxy) is 1. The van der Waals surface area contributed by atoms with Gasteiger partial charge < -0.3 is 15.8 Å². The van der Waals surface area contributed by atoms with Gasteiger partial charge >= 0.3 is 0 Å². The van der Waals surface area contributed by atoms with E-state index in [1.165, 1.54) is 0 Å². The lowest BCUT2D eigenvalue weighted by Crippen LogP contribution is -2.33. The molecule has 0 spiro atoms. The highest BCUT2D eigenvalue weighted by Crippen LogP contribution is 2.20. The van der Waals surface area contributed by atoms with Gasteiger partial charge in [-0.25, -0.2) is 0 Å². The zero-order valence-corrected chi connectivity index (χ0v) is 12.4. The third-order valence-electron chi connectivity index (χ3n) is 3.23. The Morgan fingerprint density at radius 3 is 3.05 bits per heavy atom. The molecule has 3 N–H and O–H groups in total. The van der Waals surface area contributed by atoms with Gasteiger partial charge in [-0.3, -0.25) is 4.79 Å². The van der Waals surface area contributed by atoms with E-state index in [1.54, 1.807) is 0 Å². The molecule has 1 saturated carbocycles. The number of carbonyl (C=O) groups is 1. The number of halogens is 1. The molecular weight excluding hydrogens is 308 g/mol. The van der Waals surface area contributed by atoms with E-state index in [-0.39, 0.29) is 24.7 Å². The van der Waals surface area contributed by atoms with Crippen LogP contribution in [-0.2, 0) is 9.53 Å². The third-order valence-corrected chi connectivity index (χ3v) is 3.72. The Bertz CT molecular complexity index is 439. The van der Waals surface area contributed by atoms with Crippen LogP contribution < -0.4 is 11.1 Å². The summed E-state index contributed by atoms with van der Waals surface area (Å²) in [5.74, 6) is -0.128. The van der Waals surface area contributed by atoms with Crippen molar-refractivity contribution in [3.63, 3.8) is 0 Å². The number of rotatable bonds is 4. The quantitative estimate of drug-likeness (QED) is 0.894. The molecule has 1 aromatic rings. The van der Waals surface area contributed by atoms with Crippen molar-refractivity contribution in [1.29, 1.82) is 0 Å². The Hall–Kier alpha value is -0.910. The van der Waals surface area contributed by atoms with Crippen LogP contribution in [-0.4, -0.2) is 24.7 Å². The first-order valence-electron chi connectivity index (χ1n) is 6.56. The minimum absolute atomic E-state index is 0.0872. The van der Waals surface area contributed by atoms with Gasteiger partial charge in [0.25, 0.3) is 0 Å². The van der Waals surface area contributed by atoms with Gasteiger partial charge in [0.2, 0.25) is 5.91 Å². The summed E-state index contributed by atoms with van der Waals surface area (Å²) in [5, 5.41) is 2.81. The fraction of sp³-hybridized carbons (Fsp3) is 0.500. The minimum atomic E-state index is -0.128. The van der Waals surface area contributed by atoms with Crippen molar-refractivity contribution in [2.24, 2.45) is 5.73 Å². The van der Waals surface area contributed by atoms with Crippen LogP contribution in [0.5, 0.6) is 0 Å². The molecule has 19 heavy (non-hydrogen) atoms. The highest BCUT2D eigenvalue weighted by molar-refractivity contribution is 9.10. The summed E-state index contributed by atoms with van der Waals surface area (Å²) in [7, 11) is 0. The topological polar surface area (TPSA) is 64.3 Å². The van der Waals surface area contributed by atoms with Gasteiger partial charge in [-0.15, -0.1) is 0 Å². The normalized spacial score (nSPS) is 23.1. The Morgan fingerprint density at radius 2 is 2.32 bits per heavy atom. The largest absolute Gasteiger partial charge is 0.368 e. The number of anilines is 1. The predicted octanol–water partition coefficient (Wildman–Crippen LogP) is 2.67. The van der Waals surface area contributed by atoms with Crippen molar-refractivity contribution in [2.75, 3.05) is 11.9 Å². The molecule has 1 aliphatic carbocycles. The number of nitrogens with two attached hydrogens (primary N) is 1. The summed E-state index contributed by atoms with van der Waals surface area (Å²) < 4.78 is 6.55. The number of benzene rings is 1. The Balaban J connectivity index is 1.75. The molecule has 2 rings (SSSR count). The zero-order valence-electron chi connectivity index (χ0n) is 10.8. The highest BCUT2D eigenvalue weighted by Gasteiger charge is 2.20. The fourth-order valence-corrected chi connectivity index (χ4v) is 2.69. The molecule has 2 unspecified atom stereocenters. The van der Waals surface area contributed by atoms with Gasteiger partial charge in [-0.1, -0.05) is 22.0 Å². The second-order valence-electron chi connectivity index (χ2n) is 4.92. The van der Waals surface area contributed by atoms with Gasteiger partial charge in [0.1, 0.15) is 6.61 Å². The monoisotopic (exact) mass is 326 g/mol. The third kappa shape index (κ3) is 4.93. The van der Waals surface area contributed by atoms with Crippen molar-refractivity contribution in [3.8, 4) is 0 Å². The number of nitrogens with one attached hydrogen (secondary N) is 1. The van der Waals surface area contributed by atoms with E-state index in [9.17, 15) is 4.79 Å². The lowest BCUT2D eigenvalue weighted by Gasteiger charge is -2.26. The molecule has 5 heteroatoms. The van der Waals surface area contributed by atoms with E-state index in [4.69, 9.17) is 10.5 Å². The van der Waals surface area contributed by atoms with Crippen LogP contribution in [0.25, 0.3) is 0 Å². The van der Waals surface area contributed by atoms with Crippen LogP contribution in [0, 0.1) is 0 Å². The van der Waals surface area contributed by atoms with Gasteiger partial charge in [0, 0.05) is 16.2 Å². The van der Waals surface area contributed by atoms with Crippen LogP contribution in [0.3, 0.4) is 0 Å². The summed E-state index contributed by atoms with van der Waals surface area (Å²) in [4.78, 5) is 11.8. The molecule has 2 atom stereocenters. The summed E-state index contributed by atoms with van der Waals surface area (Å²) in [6, 6.07) is 7.70. The van der Waals surface area contributed by atoms with E-state index in [0.717, 1.165) is 35.8 Å². The average molecular weight is 327 g/mol. The van der Waals surface area contributed by atoms with Crippen LogP contribution >= 0.6 is 15.9 Å². The summed E-state index contributed by atoms with van der Waals surface area (Å²) in [6.07, 6.45) is 4.11. The Morgan fingerprint density at radius 1 is 1.47 bits per heavy atom. The van der Waals surface area contributed by atoms with Gasteiger partial charge in [0.15, 0.2) is 0 Å². The van der Waals surface area contributed by atoms with Crippen LogP contribution in [0.15, 0.2) is 28.7 Å². The van der Waals surface area contributed by atoms with Gasteiger partial charge in [0.05, 0.1) is 6.10 Å². The number of amides is 1. The van der Waals surface area contributed by atoms with E-state index in [1.807, 2.05) is 24.3 Å². The molecule has 0 saturated heterocycles. The fourth-order valence-electron chi connectivity index (χ4n) is 2.29. The Kier molecular flexibility index (Phi) is 5.36. The summed E-state index contributed by atoms with van der Waals surface area (Å²) in [6.45, 7) is 0.0872. The summed E-state index contributed by atoms with van der Waals surface area (Å²) >= 11 is 3.36. The molecule has 1 aliphatic rings. The highest BCUT2D eigenvalue weighted by atomic mass is 79.9. The van der Waals surface area contributed by atoms with Gasteiger partial charge in [-0.05, 0) is 43.9 Å². The number of carbonyl (C=O) groups excluding carboxylic acids is 1. The second kappa shape index (κ2) is 7.03.